The molecule has 4 aromatic rings. The lowest BCUT2D eigenvalue weighted by molar-refractivity contribution is 0.159. The Labute approximate surface area is 160 Å². The summed E-state index contributed by atoms with van der Waals surface area (Å²) in [6.45, 7) is 2.72. The minimum absolute atomic E-state index is 0.0205. The number of fused-ring (bicyclic) bond motifs is 2. The maximum absolute atomic E-state index is 12.0. The van der Waals surface area contributed by atoms with Crippen molar-refractivity contribution in [3.63, 3.8) is 0 Å². The number of hydrogen-bond acceptors (Lipinski definition) is 5. The van der Waals surface area contributed by atoms with Crippen molar-refractivity contribution >= 4 is 32.5 Å². The summed E-state index contributed by atoms with van der Waals surface area (Å²) in [6, 6.07) is 16.1. The lowest BCUT2D eigenvalue weighted by atomic mass is 9.99. The second-order valence-corrected chi connectivity index (χ2v) is 8.17. The summed E-state index contributed by atoms with van der Waals surface area (Å²) < 4.78 is 3.20. The van der Waals surface area contributed by atoms with E-state index in [0.29, 0.717) is 12.6 Å². The molecule has 1 aliphatic rings. The standard InChI is InChI=1S/C21H20N4OS/c26-19-12-22-25(18-9-3-1-7-16(18)19)14-24-11-5-6-15(13-24)21-23-17-8-2-4-10-20(17)27-21/h1-4,7-10,12,15H,5-6,11,13-14H2/t15-/m0/s1. The van der Waals surface area contributed by atoms with E-state index in [2.05, 4.69) is 28.2 Å². The van der Waals surface area contributed by atoms with Gasteiger partial charge in [0.05, 0.1) is 33.6 Å². The molecule has 6 heteroatoms. The summed E-state index contributed by atoms with van der Waals surface area (Å²) in [6.07, 6.45) is 3.75. The number of aromatic nitrogens is 3. The molecule has 0 aliphatic carbocycles. The van der Waals surface area contributed by atoms with Gasteiger partial charge in [0, 0.05) is 17.8 Å². The van der Waals surface area contributed by atoms with Crippen molar-refractivity contribution in [2.24, 2.45) is 0 Å². The van der Waals surface area contributed by atoms with E-state index in [4.69, 9.17) is 4.98 Å². The molecule has 1 aliphatic heterocycles. The fourth-order valence-electron chi connectivity index (χ4n) is 3.91. The lowest BCUT2D eigenvalue weighted by Gasteiger charge is -2.32. The van der Waals surface area contributed by atoms with E-state index in [1.165, 1.54) is 22.3 Å². The van der Waals surface area contributed by atoms with E-state index in [9.17, 15) is 4.79 Å². The van der Waals surface area contributed by atoms with E-state index in [0.717, 1.165) is 35.9 Å². The Kier molecular flexibility index (Phi) is 4.22. The van der Waals surface area contributed by atoms with Crippen molar-refractivity contribution in [1.29, 1.82) is 0 Å². The van der Waals surface area contributed by atoms with Crippen molar-refractivity contribution in [3.8, 4) is 0 Å². The predicted molar refractivity (Wildman–Crippen MR) is 109 cm³/mol. The quantitative estimate of drug-likeness (QED) is 0.545. The minimum Gasteiger partial charge on any atom is -0.287 e. The fourth-order valence-corrected chi connectivity index (χ4v) is 5.01. The van der Waals surface area contributed by atoms with Crippen molar-refractivity contribution in [1.82, 2.24) is 19.7 Å². The SMILES string of the molecule is O=c1cnn(CN2CCC[C@H](c3nc4ccccc4s3)C2)c2ccccc12. The molecule has 2 aromatic carbocycles. The van der Waals surface area contributed by atoms with Crippen LogP contribution in [-0.2, 0) is 6.67 Å². The van der Waals surface area contributed by atoms with Gasteiger partial charge in [0.2, 0.25) is 5.43 Å². The van der Waals surface area contributed by atoms with E-state index in [-0.39, 0.29) is 5.43 Å². The smallest absolute Gasteiger partial charge is 0.207 e. The molecule has 5 nitrogen and oxygen atoms in total. The van der Waals surface area contributed by atoms with Gasteiger partial charge in [-0.3, -0.25) is 14.4 Å². The molecule has 0 saturated carbocycles. The highest BCUT2D eigenvalue weighted by Gasteiger charge is 2.24. The highest BCUT2D eigenvalue weighted by atomic mass is 32.1. The number of hydrogen-bond donors (Lipinski definition) is 0. The Bertz CT molecular complexity index is 1130. The number of para-hydroxylation sites is 2. The van der Waals surface area contributed by atoms with Gasteiger partial charge in [-0.2, -0.15) is 5.10 Å². The van der Waals surface area contributed by atoms with Gasteiger partial charge in [-0.1, -0.05) is 24.3 Å². The van der Waals surface area contributed by atoms with Crippen LogP contribution in [0.15, 0.2) is 59.5 Å². The average molecular weight is 376 g/mol. The first-order chi connectivity index (χ1) is 13.3. The Morgan fingerprint density at radius 3 is 2.89 bits per heavy atom. The van der Waals surface area contributed by atoms with Crippen LogP contribution in [0, 0.1) is 0 Å². The molecule has 0 unspecified atom stereocenters. The lowest BCUT2D eigenvalue weighted by Crippen LogP contribution is -2.36. The molecule has 3 heterocycles. The molecule has 0 radical (unpaired) electrons. The largest absolute Gasteiger partial charge is 0.287 e. The summed E-state index contributed by atoms with van der Waals surface area (Å²) in [5.74, 6) is 0.460. The highest BCUT2D eigenvalue weighted by Crippen LogP contribution is 2.33. The molecule has 0 bridgehead atoms. The van der Waals surface area contributed by atoms with Crippen LogP contribution in [-0.4, -0.2) is 32.8 Å². The number of thiazole rings is 1. The molecule has 0 N–H and O–H groups in total. The molecular weight excluding hydrogens is 356 g/mol. The molecule has 5 rings (SSSR count). The van der Waals surface area contributed by atoms with E-state index >= 15 is 0 Å². The Morgan fingerprint density at radius 2 is 1.96 bits per heavy atom. The van der Waals surface area contributed by atoms with Crippen LogP contribution in [0.3, 0.4) is 0 Å². The van der Waals surface area contributed by atoms with Gasteiger partial charge in [-0.25, -0.2) is 4.98 Å². The van der Waals surface area contributed by atoms with Crippen LogP contribution in [0.5, 0.6) is 0 Å². The molecule has 1 atom stereocenters. The van der Waals surface area contributed by atoms with Crippen LogP contribution in [0.1, 0.15) is 23.8 Å². The van der Waals surface area contributed by atoms with Crippen molar-refractivity contribution < 1.29 is 0 Å². The molecule has 0 spiro atoms. The maximum atomic E-state index is 12.0. The molecular formula is C21H20N4OS. The fraction of sp³-hybridized carbons (Fsp3) is 0.286. The number of benzene rings is 2. The zero-order valence-corrected chi connectivity index (χ0v) is 15.7. The van der Waals surface area contributed by atoms with Gasteiger partial charge in [0.25, 0.3) is 0 Å². The second-order valence-electron chi connectivity index (χ2n) is 7.10. The Morgan fingerprint density at radius 1 is 1.11 bits per heavy atom. The topological polar surface area (TPSA) is 51.0 Å². The van der Waals surface area contributed by atoms with E-state index in [1.807, 2.05) is 46.4 Å². The first kappa shape index (κ1) is 16.6. The summed E-state index contributed by atoms with van der Waals surface area (Å²) in [7, 11) is 0. The molecule has 0 amide bonds. The van der Waals surface area contributed by atoms with Gasteiger partial charge in [-0.15, -0.1) is 11.3 Å². The Hall–Kier alpha value is -2.57. The van der Waals surface area contributed by atoms with Crippen LogP contribution in [0.2, 0.25) is 0 Å². The maximum Gasteiger partial charge on any atom is 0.207 e. The third kappa shape index (κ3) is 3.15. The third-order valence-electron chi connectivity index (χ3n) is 5.26. The van der Waals surface area contributed by atoms with Gasteiger partial charge < -0.3 is 0 Å². The summed E-state index contributed by atoms with van der Waals surface area (Å²) >= 11 is 1.82. The van der Waals surface area contributed by atoms with Crippen LogP contribution >= 0.6 is 11.3 Å². The van der Waals surface area contributed by atoms with Crippen LogP contribution < -0.4 is 5.43 Å². The number of piperidine rings is 1. The van der Waals surface area contributed by atoms with Gasteiger partial charge >= 0.3 is 0 Å². The summed E-state index contributed by atoms with van der Waals surface area (Å²) in [5, 5.41) is 6.35. The first-order valence-electron chi connectivity index (χ1n) is 9.30. The second kappa shape index (κ2) is 6.87. The number of rotatable bonds is 3. The zero-order chi connectivity index (χ0) is 18.2. The average Bonchev–Trinajstić information content (AvgIpc) is 3.15. The van der Waals surface area contributed by atoms with Crippen LogP contribution in [0.25, 0.3) is 21.1 Å². The van der Waals surface area contributed by atoms with Crippen LogP contribution in [0.4, 0.5) is 0 Å². The van der Waals surface area contributed by atoms with Gasteiger partial charge in [-0.05, 0) is 43.7 Å². The molecule has 136 valence electrons. The molecule has 1 fully saturated rings. The predicted octanol–water partition coefficient (Wildman–Crippen LogP) is 3.84. The monoisotopic (exact) mass is 376 g/mol. The van der Waals surface area contributed by atoms with Gasteiger partial charge in [0.15, 0.2) is 0 Å². The number of nitrogens with zero attached hydrogens (tertiary/aromatic N) is 4. The normalized spacial score (nSPS) is 18.3. The molecule has 1 saturated heterocycles. The minimum atomic E-state index is -0.0205. The third-order valence-corrected chi connectivity index (χ3v) is 6.46. The summed E-state index contributed by atoms with van der Waals surface area (Å²) in [4.78, 5) is 19.3. The van der Waals surface area contributed by atoms with Crippen molar-refractivity contribution in [3.05, 3.63) is 70.0 Å². The molecule has 2 aromatic heterocycles. The van der Waals surface area contributed by atoms with E-state index < -0.39 is 0 Å². The Balaban J connectivity index is 1.40. The first-order valence-corrected chi connectivity index (χ1v) is 10.1. The van der Waals surface area contributed by atoms with Gasteiger partial charge in [0.1, 0.15) is 0 Å². The molecule has 27 heavy (non-hydrogen) atoms. The van der Waals surface area contributed by atoms with E-state index in [1.54, 1.807) is 0 Å². The highest BCUT2D eigenvalue weighted by molar-refractivity contribution is 7.18. The number of likely N-dealkylation sites (tertiary alicyclic amines) is 1. The zero-order valence-electron chi connectivity index (χ0n) is 14.9. The van der Waals surface area contributed by atoms with Crippen molar-refractivity contribution in [2.75, 3.05) is 13.1 Å². The van der Waals surface area contributed by atoms with Crippen molar-refractivity contribution in [2.45, 2.75) is 25.4 Å². The summed E-state index contributed by atoms with van der Waals surface area (Å²) in [5.41, 5.74) is 1.97.